The molecule has 1 N–H and O–H groups in total. The van der Waals surface area contributed by atoms with Gasteiger partial charge in [-0.15, -0.1) is 0 Å². The second-order valence-electron chi connectivity index (χ2n) is 9.39. The van der Waals surface area contributed by atoms with Gasteiger partial charge in [-0.3, -0.25) is 9.69 Å². The van der Waals surface area contributed by atoms with Crippen LogP contribution >= 0.6 is 0 Å². The van der Waals surface area contributed by atoms with Gasteiger partial charge in [-0.1, -0.05) is 60.2 Å². The lowest BCUT2D eigenvalue weighted by molar-refractivity contribution is -0.136. The number of hydrogen-bond donors (Lipinski definition) is 1. The third kappa shape index (κ3) is 7.61. The van der Waals surface area contributed by atoms with Crippen LogP contribution < -0.4 is 4.74 Å². The molecule has 33 heavy (non-hydrogen) atoms. The molecule has 0 spiro atoms. The van der Waals surface area contributed by atoms with Crippen molar-refractivity contribution < 1.29 is 14.6 Å². The monoisotopic (exact) mass is 445 g/mol. The Morgan fingerprint density at radius 2 is 1.67 bits per heavy atom. The number of benzene rings is 2. The van der Waals surface area contributed by atoms with Crippen LogP contribution in [0, 0.1) is 5.92 Å². The van der Waals surface area contributed by atoms with Gasteiger partial charge in [0.15, 0.2) is 0 Å². The number of carboxylic acid groups (broad SMARTS) is 1. The summed E-state index contributed by atoms with van der Waals surface area (Å²) in [5.74, 6) is 0.896. The van der Waals surface area contributed by atoms with E-state index in [4.69, 9.17) is 9.84 Å². The number of aryl methyl sites for hydroxylation is 2. The Labute approximate surface area is 197 Å². The first-order valence-electron chi connectivity index (χ1n) is 12.2. The first kappa shape index (κ1) is 23.3. The highest BCUT2D eigenvalue weighted by Crippen LogP contribution is 2.26. The number of carboxylic acids is 1. The van der Waals surface area contributed by atoms with Gasteiger partial charge >= 0.3 is 5.97 Å². The standard InChI is InChI=1S/C29H35NO3/c31-29(32)17-14-24-12-15-28(16-13-24)33-22-27-10-8-25(9-11-27)20-30-19-18-26(21-30)7-6-23-4-2-1-3-5-23/h1-5,8,10,12-13,15-16,26H,6-7,9,11,14,17-22H2,(H,31,32). The topological polar surface area (TPSA) is 49.8 Å². The summed E-state index contributed by atoms with van der Waals surface area (Å²) in [5, 5.41) is 8.79. The molecule has 2 aromatic carbocycles. The summed E-state index contributed by atoms with van der Waals surface area (Å²) in [5.41, 5.74) is 5.35. The average molecular weight is 446 g/mol. The van der Waals surface area contributed by atoms with Gasteiger partial charge < -0.3 is 9.84 Å². The second kappa shape index (κ2) is 11.9. The van der Waals surface area contributed by atoms with E-state index in [2.05, 4.69) is 47.4 Å². The molecule has 0 saturated carbocycles. The van der Waals surface area contributed by atoms with Crippen molar-refractivity contribution in [2.45, 2.75) is 44.9 Å². The Morgan fingerprint density at radius 3 is 2.39 bits per heavy atom. The molecule has 0 bridgehead atoms. The maximum Gasteiger partial charge on any atom is 0.303 e. The Balaban J connectivity index is 1.17. The molecule has 1 fully saturated rings. The van der Waals surface area contributed by atoms with Crippen LogP contribution in [0.2, 0.25) is 0 Å². The number of nitrogens with zero attached hydrogens (tertiary/aromatic N) is 1. The lowest BCUT2D eigenvalue weighted by Gasteiger charge is -2.21. The fraction of sp³-hybridized carbons (Fsp3) is 0.414. The summed E-state index contributed by atoms with van der Waals surface area (Å²) >= 11 is 0. The predicted molar refractivity (Wildman–Crippen MR) is 133 cm³/mol. The summed E-state index contributed by atoms with van der Waals surface area (Å²) in [6.45, 7) is 4.17. The molecule has 4 rings (SSSR count). The van der Waals surface area contributed by atoms with Crippen LogP contribution in [0.3, 0.4) is 0 Å². The lowest BCUT2D eigenvalue weighted by Crippen LogP contribution is -2.24. The molecular weight excluding hydrogens is 410 g/mol. The molecular formula is C29H35NO3. The maximum atomic E-state index is 10.7. The SMILES string of the molecule is O=C(O)CCc1ccc(OCC2=CC=C(CN3CCC(CCc4ccccc4)C3)CC2)cc1. The van der Waals surface area contributed by atoms with Crippen molar-refractivity contribution in [1.29, 1.82) is 0 Å². The van der Waals surface area contributed by atoms with Crippen molar-refractivity contribution >= 4 is 5.97 Å². The largest absolute Gasteiger partial charge is 0.489 e. The number of hydrogen-bond acceptors (Lipinski definition) is 3. The lowest BCUT2D eigenvalue weighted by atomic mass is 9.98. The molecule has 0 radical (unpaired) electrons. The first-order valence-corrected chi connectivity index (χ1v) is 12.2. The van der Waals surface area contributed by atoms with E-state index in [1.165, 1.54) is 49.1 Å². The summed E-state index contributed by atoms with van der Waals surface area (Å²) in [6, 6.07) is 18.6. The summed E-state index contributed by atoms with van der Waals surface area (Å²) in [6.07, 6.45) is 11.2. The number of ether oxygens (including phenoxy) is 1. The third-order valence-corrected chi connectivity index (χ3v) is 6.78. The molecule has 0 aromatic heterocycles. The van der Waals surface area contributed by atoms with E-state index >= 15 is 0 Å². The zero-order chi connectivity index (χ0) is 22.9. The molecule has 1 aliphatic carbocycles. The van der Waals surface area contributed by atoms with Crippen LogP contribution in [-0.4, -0.2) is 42.2 Å². The van der Waals surface area contributed by atoms with Crippen LogP contribution in [0.25, 0.3) is 0 Å². The van der Waals surface area contributed by atoms with Crippen LogP contribution in [0.5, 0.6) is 5.75 Å². The van der Waals surface area contributed by atoms with Crippen LogP contribution in [0.15, 0.2) is 77.9 Å². The normalized spacial score (nSPS) is 18.6. The number of allylic oxidation sites excluding steroid dienone is 2. The van der Waals surface area contributed by atoms with Crippen molar-refractivity contribution in [3.05, 3.63) is 89.0 Å². The highest BCUT2D eigenvalue weighted by atomic mass is 16.5. The molecule has 2 aliphatic rings. The van der Waals surface area contributed by atoms with Crippen molar-refractivity contribution in [2.75, 3.05) is 26.2 Å². The number of rotatable bonds is 11. The molecule has 1 atom stereocenters. The van der Waals surface area contributed by atoms with Crippen LogP contribution in [-0.2, 0) is 17.6 Å². The molecule has 174 valence electrons. The minimum absolute atomic E-state index is 0.160. The number of carbonyl (C=O) groups is 1. The molecule has 0 amide bonds. The third-order valence-electron chi connectivity index (χ3n) is 6.78. The molecule has 4 heteroatoms. The minimum Gasteiger partial charge on any atom is -0.489 e. The van der Waals surface area contributed by atoms with Gasteiger partial charge in [-0.2, -0.15) is 0 Å². The van der Waals surface area contributed by atoms with Crippen LogP contribution in [0.4, 0.5) is 0 Å². The van der Waals surface area contributed by atoms with Crippen molar-refractivity contribution in [2.24, 2.45) is 5.92 Å². The van der Waals surface area contributed by atoms with Gasteiger partial charge in [-0.25, -0.2) is 0 Å². The van der Waals surface area contributed by atoms with Gasteiger partial charge in [0.05, 0.1) is 0 Å². The predicted octanol–water partition coefficient (Wildman–Crippen LogP) is 5.68. The fourth-order valence-electron chi connectivity index (χ4n) is 4.75. The van der Waals surface area contributed by atoms with Gasteiger partial charge in [-0.05, 0) is 79.8 Å². The minimum atomic E-state index is -0.764. The highest BCUT2D eigenvalue weighted by Gasteiger charge is 2.23. The van der Waals surface area contributed by atoms with E-state index in [0.717, 1.165) is 36.6 Å². The van der Waals surface area contributed by atoms with E-state index in [9.17, 15) is 4.79 Å². The second-order valence-corrected chi connectivity index (χ2v) is 9.39. The van der Waals surface area contributed by atoms with E-state index in [1.54, 1.807) is 0 Å². The maximum absolute atomic E-state index is 10.7. The van der Waals surface area contributed by atoms with Crippen LogP contribution in [0.1, 0.15) is 43.2 Å². The highest BCUT2D eigenvalue weighted by molar-refractivity contribution is 5.67. The van der Waals surface area contributed by atoms with Crippen molar-refractivity contribution in [3.63, 3.8) is 0 Å². The number of aliphatic carboxylic acids is 1. The molecule has 1 saturated heterocycles. The Bertz CT molecular complexity index is 962. The van der Waals surface area contributed by atoms with E-state index in [-0.39, 0.29) is 6.42 Å². The summed E-state index contributed by atoms with van der Waals surface area (Å²) < 4.78 is 5.95. The molecule has 1 unspecified atom stereocenters. The summed E-state index contributed by atoms with van der Waals surface area (Å²) in [7, 11) is 0. The Morgan fingerprint density at radius 1 is 0.939 bits per heavy atom. The van der Waals surface area contributed by atoms with Crippen molar-refractivity contribution in [3.8, 4) is 5.75 Å². The van der Waals surface area contributed by atoms with E-state index in [0.29, 0.717) is 13.0 Å². The smallest absolute Gasteiger partial charge is 0.303 e. The van der Waals surface area contributed by atoms with Gasteiger partial charge in [0, 0.05) is 19.5 Å². The zero-order valence-electron chi connectivity index (χ0n) is 19.4. The first-order chi connectivity index (χ1) is 16.1. The molecule has 2 aromatic rings. The average Bonchev–Trinajstić information content (AvgIpc) is 3.29. The zero-order valence-corrected chi connectivity index (χ0v) is 19.4. The van der Waals surface area contributed by atoms with Crippen molar-refractivity contribution in [1.82, 2.24) is 4.90 Å². The van der Waals surface area contributed by atoms with Gasteiger partial charge in [0.2, 0.25) is 0 Å². The quantitative estimate of drug-likeness (QED) is 0.483. The van der Waals surface area contributed by atoms with Gasteiger partial charge in [0.1, 0.15) is 12.4 Å². The van der Waals surface area contributed by atoms with E-state index < -0.39 is 5.97 Å². The van der Waals surface area contributed by atoms with Gasteiger partial charge in [0.25, 0.3) is 0 Å². The Kier molecular flexibility index (Phi) is 8.37. The fourth-order valence-corrected chi connectivity index (χ4v) is 4.75. The Hall–Kier alpha value is -2.85. The number of likely N-dealkylation sites (tertiary alicyclic amines) is 1. The van der Waals surface area contributed by atoms with E-state index in [1.807, 2.05) is 24.3 Å². The summed E-state index contributed by atoms with van der Waals surface area (Å²) in [4.78, 5) is 13.3. The molecule has 4 nitrogen and oxygen atoms in total. The molecule has 1 heterocycles. The molecule has 1 aliphatic heterocycles.